The number of aromatic nitrogens is 2. The van der Waals surface area contributed by atoms with Crippen molar-refractivity contribution >= 4 is 34.8 Å². The van der Waals surface area contributed by atoms with Gasteiger partial charge in [-0.3, -0.25) is 0 Å². The van der Waals surface area contributed by atoms with Gasteiger partial charge in [-0.05, 0) is 114 Å². The average Bonchev–Trinajstić information content (AvgIpc) is 0.955. The van der Waals surface area contributed by atoms with E-state index in [9.17, 15) is 24.9 Å². The predicted octanol–water partition coefficient (Wildman–Crippen LogP) is 11.0. The van der Waals surface area contributed by atoms with Crippen LogP contribution >= 0.6 is 0 Å². The van der Waals surface area contributed by atoms with Gasteiger partial charge in [0, 0.05) is 107 Å². The number of aryl methyl sites for hydroxylation is 1. The lowest BCUT2D eigenvalue weighted by molar-refractivity contribution is -0.286. The molecule has 94 heavy (non-hydrogen) atoms. The third-order valence-corrected chi connectivity index (χ3v) is 18.3. The Kier molecular flexibility index (Phi) is 26.6. The van der Waals surface area contributed by atoms with Crippen molar-refractivity contribution in [1.82, 2.24) is 9.97 Å². The lowest BCUT2D eigenvalue weighted by Crippen LogP contribution is -2.51. The molecule has 20 nitrogen and oxygen atoms in total. The Bertz CT molecular complexity index is 3430. The molecule has 0 unspecified atom stereocenters. The lowest BCUT2D eigenvalue weighted by Gasteiger charge is -2.44. The minimum Gasteiger partial charge on any atom is -0.458 e. The first-order valence-electron chi connectivity index (χ1n) is 33.4. The summed E-state index contributed by atoms with van der Waals surface area (Å²) in [7, 11) is 3.18. The second-order valence-corrected chi connectivity index (χ2v) is 25.6. The topological polar surface area (TPSA) is 246 Å². The summed E-state index contributed by atoms with van der Waals surface area (Å²) in [5, 5.41) is 35.4. The molecule has 15 atom stereocenters. The van der Waals surface area contributed by atoms with Crippen LogP contribution in [0.25, 0.3) is 23.1 Å². The summed E-state index contributed by atoms with van der Waals surface area (Å²) in [6.07, 6.45) is 21.5. The Morgan fingerprint density at radius 3 is 2.53 bits per heavy atom. The Hall–Kier alpha value is -6.58. The number of anilines is 1. The van der Waals surface area contributed by atoms with Crippen LogP contribution < -0.4 is 10.5 Å². The fraction of sp³-hybridized carbons (Fsp3) is 0.568. The fourth-order valence-electron chi connectivity index (χ4n) is 13.4. The zero-order valence-electron chi connectivity index (χ0n) is 55.9. The summed E-state index contributed by atoms with van der Waals surface area (Å²) < 4.78 is 72.7. The number of hydrogen-bond donors (Lipinski definition) is 3. The van der Waals surface area contributed by atoms with E-state index in [1.807, 2.05) is 76.3 Å². The maximum Gasteiger partial charge on any atom is 0.336 e. The van der Waals surface area contributed by atoms with Crippen molar-refractivity contribution in [1.29, 1.82) is 0 Å². The van der Waals surface area contributed by atoms with E-state index >= 15 is 0 Å². The number of fused-ring (bicyclic) bond motifs is 10. The first-order valence-corrected chi connectivity index (χ1v) is 33.4. The number of allylic oxidation sites excluding steroid dienone is 3. The molecular weight excluding hydrogens is 1200 g/mol. The molecule has 510 valence electrons. The van der Waals surface area contributed by atoms with E-state index in [2.05, 4.69) is 43.2 Å². The minimum absolute atomic E-state index is 0.116. The summed E-state index contributed by atoms with van der Waals surface area (Å²) in [5.74, 6) is 4.07. The van der Waals surface area contributed by atoms with Crippen LogP contribution in [-0.4, -0.2) is 158 Å². The van der Waals surface area contributed by atoms with Crippen LogP contribution in [0.2, 0.25) is 0 Å². The van der Waals surface area contributed by atoms with Gasteiger partial charge < -0.3 is 76.1 Å². The first-order chi connectivity index (χ1) is 45.4. The highest BCUT2D eigenvalue weighted by molar-refractivity contribution is 5.84. The molecule has 5 aliphatic rings. The number of aliphatic hydroxyl groups excluding tert-OH is 2. The Labute approximate surface area is 552 Å². The summed E-state index contributed by atoms with van der Waals surface area (Å²) in [5.41, 5.74) is 6.00. The summed E-state index contributed by atoms with van der Waals surface area (Å²) in [4.78, 5) is 37.7. The van der Waals surface area contributed by atoms with E-state index in [-0.39, 0.29) is 66.7 Å². The zero-order valence-corrected chi connectivity index (χ0v) is 55.9. The number of ether oxygens (including phenoxy) is 9. The van der Waals surface area contributed by atoms with Gasteiger partial charge in [-0.25, -0.2) is 19.6 Å². The Morgan fingerprint density at radius 2 is 1.72 bits per heavy atom. The van der Waals surface area contributed by atoms with Crippen molar-refractivity contribution in [3.8, 4) is 11.8 Å². The molecule has 0 saturated carbocycles. The average molecular weight is 1300 g/mol. The second kappa shape index (κ2) is 34.9. The number of methoxy groups -OCH3 is 2. The molecule has 0 aliphatic carbocycles. The number of benzene rings is 1. The van der Waals surface area contributed by atoms with Gasteiger partial charge in [-0.2, -0.15) is 0 Å². The summed E-state index contributed by atoms with van der Waals surface area (Å²) >= 11 is 0. The summed E-state index contributed by atoms with van der Waals surface area (Å²) in [6, 6.07) is 7.62. The van der Waals surface area contributed by atoms with Crippen molar-refractivity contribution in [3.05, 3.63) is 148 Å². The van der Waals surface area contributed by atoms with Gasteiger partial charge in [0.15, 0.2) is 11.7 Å². The van der Waals surface area contributed by atoms with Gasteiger partial charge in [0.25, 0.3) is 0 Å². The normalized spacial score (nSPS) is 29.5. The maximum absolute atomic E-state index is 13.7. The number of nitrogens with zero attached hydrogens (tertiary/aromatic N) is 3. The van der Waals surface area contributed by atoms with Gasteiger partial charge in [0.2, 0.25) is 5.89 Å². The molecule has 0 radical (unpaired) electrons. The molecule has 8 bridgehead atoms. The van der Waals surface area contributed by atoms with E-state index in [1.165, 1.54) is 12.3 Å². The van der Waals surface area contributed by atoms with Crippen molar-refractivity contribution in [3.63, 3.8) is 0 Å². The third kappa shape index (κ3) is 20.5. The number of rotatable bonds is 23. The van der Waals surface area contributed by atoms with E-state index in [4.69, 9.17) is 65.9 Å². The van der Waals surface area contributed by atoms with Crippen LogP contribution in [0.4, 0.5) is 5.69 Å². The van der Waals surface area contributed by atoms with E-state index < -0.39 is 54.5 Å². The monoisotopic (exact) mass is 1300 g/mol. The molecule has 1 aromatic carbocycles. The second-order valence-electron chi connectivity index (χ2n) is 25.6. The quantitative estimate of drug-likeness (QED) is 0.0156. The number of esters is 1. The van der Waals surface area contributed by atoms with Gasteiger partial charge in [0.05, 0.1) is 87.3 Å². The molecule has 0 spiro atoms. The van der Waals surface area contributed by atoms with Gasteiger partial charge >= 0.3 is 11.6 Å². The van der Waals surface area contributed by atoms with Gasteiger partial charge in [-0.1, -0.05) is 79.9 Å². The third-order valence-electron chi connectivity index (χ3n) is 18.3. The Morgan fingerprint density at radius 1 is 0.915 bits per heavy atom. The number of hydrogen-bond acceptors (Lipinski definition) is 20. The maximum atomic E-state index is 13.7. The molecule has 4 fully saturated rings. The molecule has 9 rings (SSSR count). The minimum atomic E-state index is -1.78. The highest BCUT2D eigenvalue weighted by atomic mass is 16.6. The largest absolute Gasteiger partial charge is 0.458 e. The lowest BCUT2D eigenvalue weighted by atomic mass is 9.79. The van der Waals surface area contributed by atoms with Crippen LogP contribution in [0.1, 0.15) is 147 Å². The first kappa shape index (κ1) is 71.7. The molecule has 0 amide bonds. The predicted molar refractivity (Wildman–Crippen MR) is 356 cm³/mol. The molecule has 5 aliphatic heterocycles. The molecule has 4 aromatic rings. The van der Waals surface area contributed by atoms with E-state index in [0.717, 1.165) is 52.9 Å². The molecule has 4 saturated heterocycles. The van der Waals surface area contributed by atoms with Crippen molar-refractivity contribution in [2.45, 2.75) is 204 Å². The van der Waals surface area contributed by atoms with E-state index in [1.54, 1.807) is 44.8 Å². The highest BCUT2D eigenvalue weighted by Gasteiger charge is 2.46. The van der Waals surface area contributed by atoms with Crippen LogP contribution in [0.15, 0.2) is 127 Å². The molecule has 3 N–H and O–H groups in total. The van der Waals surface area contributed by atoms with Crippen LogP contribution in [-0.2, 0) is 60.3 Å². The fourth-order valence-corrected chi connectivity index (χ4v) is 13.4. The number of carbonyl (C=O) groups excluding carboxylic acids is 1. The van der Waals surface area contributed by atoms with Gasteiger partial charge in [-0.15, -0.1) is 0 Å². The van der Waals surface area contributed by atoms with Crippen molar-refractivity contribution < 1.29 is 76.0 Å². The number of oxazole rings is 2. The van der Waals surface area contributed by atoms with Crippen LogP contribution in [0, 0.1) is 23.7 Å². The molecular formula is C74H97N3O17. The zero-order chi connectivity index (χ0) is 66.7. The smallest absolute Gasteiger partial charge is 0.336 e. The summed E-state index contributed by atoms with van der Waals surface area (Å²) in [6.45, 7) is 19.9. The standard InChI is InChI=1S/C74H97N3O17/c1-10-77(11-2)54-26-28-61-52(37-71(81)91-65(61)38-54)19-18-30-86-32-31-85-29-15-13-12-14-20-56(83-8)27-25-47(3)35-63(79)67-42-60(84-9)43-74(82,94-67)44-69-75-53(45-87-69)36-49(5)72-51(7)73-50(6)64(92-72)22-17-23-68-76-62(46-88-68)66-40-55(78)39-59(90-66)41-58-34-48(4)33-57(89-58)21-16-24-70(80)93-73/h13,15-17,23-28,35-38,45-46,50-51,55-60,63-64,66-67,72-73,78-79,82H,4,10-11,18-22,29-34,39-44H2,1-3,5-9H3/b15-13+,23-17+,24-16-,27-25+,47-35+,49-36+/t50-,51-,55+,56+,57-,58+,59-,60+,63+,64+,66+,67+,72-,73-,74-/m0/s1. The van der Waals surface area contributed by atoms with Gasteiger partial charge in [0.1, 0.15) is 41.7 Å². The highest BCUT2D eigenvalue weighted by Crippen LogP contribution is 2.40. The van der Waals surface area contributed by atoms with Crippen LogP contribution in [0.5, 0.6) is 0 Å². The molecule has 20 heteroatoms. The van der Waals surface area contributed by atoms with Crippen molar-refractivity contribution in [2.24, 2.45) is 11.8 Å². The van der Waals surface area contributed by atoms with E-state index in [0.29, 0.717) is 113 Å². The van der Waals surface area contributed by atoms with Crippen molar-refractivity contribution in [2.75, 3.05) is 58.6 Å². The molecule has 8 heterocycles. The SMILES string of the molecule is C=C1C[C@@H]2C[C@@H]3C[C@@H](O)C[C@@H](O3)c3coc(n3)/C=C/C[C@H]3O[C@@H](/C(C)=C/c4coc(C[C@]5(O)C[C@H](OC)C[C@H]([C@H](O)/C=C(C)/C=C/[C@@H](CC#C/C=C/COCCOCCCc6cc(=O)oc7cc(N(CC)CC)ccc67)OC)O5)n4)[C@H](C)[C@@H](OC(=O)/C=C\C[C@@H](C1)O2)[C@H]3C. The molecule has 3 aromatic heterocycles. The number of aliphatic hydroxyl groups is 3. The number of carbonyl (C=O) groups is 1. The van der Waals surface area contributed by atoms with Crippen LogP contribution in [0.3, 0.4) is 0 Å². The Balaban J connectivity index is 0.743.